The minimum atomic E-state index is 0.173. The lowest BCUT2D eigenvalue weighted by Crippen LogP contribution is -2.31. The Balaban J connectivity index is 2.70. The molecule has 0 radical (unpaired) electrons. The molecule has 86 valence electrons. The van der Waals surface area contributed by atoms with Gasteiger partial charge in [-0.05, 0) is 12.5 Å². The van der Waals surface area contributed by atoms with Crippen molar-refractivity contribution < 1.29 is 4.79 Å². The Morgan fingerprint density at radius 3 is 2.44 bits per heavy atom. The van der Waals surface area contributed by atoms with Gasteiger partial charge in [-0.2, -0.15) is 0 Å². The fourth-order valence-electron chi connectivity index (χ4n) is 1.59. The summed E-state index contributed by atoms with van der Waals surface area (Å²) in [4.78, 5) is 13.6. The molecule has 0 aromatic heterocycles. The molecule has 2 heteroatoms. The number of carbonyl (C=O) groups excluding carboxylic acids is 1. The van der Waals surface area contributed by atoms with E-state index in [0.717, 1.165) is 11.1 Å². The van der Waals surface area contributed by atoms with Crippen LogP contribution in [0.1, 0.15) is 25.8 Å². The molecule has 0 saturated carbocycles. The van der Waals surface area contributed by atoms with Gasteiger partial charge in [0.15, 0.2) is 0 Å². The van der Waals surface area contributed by atoms with Crippen LogP contribution in [-0.4, -0.2) is 17.4 Å². The van der Waals surface area contributed by atoms with E-state index in [1.54, 1.807) is 0 Å². The molecule has 1 amide bonds. The lowest BCUT2D eigenvalue weighted by atomic mass is 10.2. The van der Waals surface area contributed by atoms with Crippen molar-refractivity contribution in [2.75, 3.05) is 6.54 Å². The first-order chi connectivity index (χ1) is 7.63. The fourth-order valence-corrected chi connectivity index (χ4v) is 1.59. The first kappa shape index (κ1) is 12.5. The molecule has 0 fully saturated rings. The van der Waals surface area contributed by atoms with Crippen molar-refractivity contribution in [3.8, 4) is 0 Å². The van der Waals surface area contributed by atoms with E-state index in [4.69, 9.17) is 0 Å². The second-order valence-electron chi connectivity index (χ2n) is 4.05. The topological polar surface area (TPSA) is 20.3 Å². The molecule has 0 aliphatic rings. The van der Waals surface area contributed by atoms with E-state index in [2.05, 4.69) is 6.58 Å². The first-order valence-electron chi connectivity index (χ1n) is 5.59. The van der Waals surface area contributed by atoms with Gasteiger partial charge >= 0.3 is 0 Å². The van der Waals surface area contributed by atoms with Crippen LogP contribution in [0.2, 0.25) is 0 Å². The van der Waals surface area contributed by atoms with Gasteiger partial charge in [0.1, 0.15) is 0 Å². The van der Waals surface area contributed by atoms with Gasteiger partial charge in [0.05, 0.1) is 0 Å². The first-order valence-corrected chi connectivity index (χ1v) is 5.59. The molecule has 16 heavy (non-hydrogen) atoms. The summed E-state index contributed by atoms with van der Waals surface area (Å²) in [5.41, 5.74) is 2.17. The third kappa shape index (κ3) is 3.89. The van der Waals surface area contributed by atoms with Gasteiger partial charge in [-0.3, -0.25) is 4.79 Å². The standard InChI is InChI=1S/C14H19NO/c1-4-14(16)15(10-12(2)3)11-13-8-6-5-7-9-13/h5-9H,2,4,10-11H2,1,3H3. The van der Waals surface area contributed by atoms with E-state index in [-0.39, 0.29) is 5.91 Å². The summed E-state index contributed by atoms with van der Waals surface area (Å²) in [6.07, 6.45) is 0.542. The van der Waals surface area contributed by atoms with Crippen molar-refractivity contribution in [3.63, 3.8) is 0 Å². The number of hydrogen-bond acceptors (Lipinski definition) is 1. The Kier molecular flexibility index (Phi) is 4.77. The smallest absolute Gasteiger partial charge is 0.222 e. The molecule has 0 heterocycles. The molecule has 0 aliphatic carbocycles. The number of hydrogen-bond donors (Lipinski definition) is 0. The van der Waals surface area contributed by atoms with Crippen LogP contribution in [0.5, 0.6) is 0 Å². The highest BCUT2D eigenvalue weighted by atomic mass is 16.2. The summed E-state index contributed by atoms with van der Waals surface area (Å²) in [7, 11) is 0. The normalized spacial score (nSPS) is 9.88. The van der Waals surface area contributed by atoms with Gasteiger partial charge in [-0.25, -0.2) is 0 Å². The van der Waals surface area contributed by atoms with Crippen molar-refractivity contribution in [2.24, 2.45) is 0 Å². The monoisotopic (exact) mass is 217 g/mol. The highest BCUT2D eigenvalue weighted by Gasteiger charge is 2.11. The van der Waals surface area contributed by atoms with Gasteiger partial charge in [0.25, 0.3) is 0 Å². The molecular formula is C14H19NO. The summed E-state index contributed by atoms with van der Waals surface area (Å²) in [5.74, 6) is 0.173. The van der Waals surface area contributed by atoms with E-state index in [1.807, 2.05) is 49.1 Å². The van der Waals surface area contributed by atoms with Gasteiger partial charge in [0, 0.05) is 19.5 Å². The number of rotatable bonds is 5. The van der Waals surface area contributed by atoms with Crippen LogP contribution in [0.4, 0.5) is 0 Å². The van der Waals surface area contributed by atoms with E-state index in [0.29, 0.717) is 19.5 Å². The van der Waals surface area contributed by atoms with Gasteiger partial charge < -0.3 is 4.90 Å². The molecule has 0 spiro atoms. The summed E-state index contributed by atoms with van der Waals surface area (Å²) < 4.78 is 0. The van der Waals surface area contributed by atoms with Crippen LogP contribution in [0.15, 0.2) is 42.5 Å². The summed E-state index contributed by atoms with van der Waals surface area (Å²) >= 11 is 0. The molecule has 0 bridgehead atoms. The maximum absolute atomic E-state index is 11.7. The molecule has 1 aromatic carbocycles. The van der Waals surface area contributed by atoms with Crippen molar-refractivity contribution in [1.82, 2.24) is 4.90 Å². The van der Waals surface area contributed by atoms with Gasteiger partial charge in [-0.15, -0.1) is 0 Å². The fraction of sp³-hybridized carbons (Fsp3) is 0.357. The lowest BCUT2D eigenvalue weighted by molar-refractivity contribution is -0.131. The van der Waals surface area contributed by atoms with E-state index < -0.39 is 0 Å². The highest BCUT2D eigenvalue weighted by Crippen LogP contribution is 2.07. The summed E-state index contributed by atoms with van der Waals surface area (Å²) in [5, 5.41) is 0. The number of nitrogens with zero attached hydrogens (tertiary/aromatic N) is 1. The second kappa shape index (κ2) is 6.11. The van der Waals surface area contributed by atoms with Gasteiger partial charge in [0.2, 0.25) is 5.91 Å². The predicted octanol–water partition coefficient (Wildman–Crippen LogP) is 3.00. The van der Waals surface area contributed by atoms with Gasteiger partial charge in [-0.1, -0.05) is 49.4 Å². The Hall–Kier alpha value is -1.57. The van der Waals surface area contributed by atoms with Crippen LogP contribution in [0.25, 0.3) is 0 Å². The zero-order valence-electron chi connectivity index (χ0n) is 10.1. The largest absolute Gasteiger partial charge is 0.334 e. The molecule has 0 aliphatic heterocycles. The Morgan fingerprint density at radius 1 is 1.31 bits per heavy atom. The Morgan fingerprint density at radius 2 is 1.94 bits per heavy atom. The molecule has 0 N–H and O–H groups in total. The third-order valence-electron chi connectivity index (χ3n) is 2.33. The molecule has 1 aromatic rings. The maximum Gasteiger partial charge on any atom is 0.222 e. The minimum Gasteiger partial charge on any atom is -0.334 e. The van der Waals surface area contributed by atoms with E-state index >= 15 is 0 Å². The molecule has 1 rings (SSSR count). The molecule has 0 saturated heterocycles. The van der Waals surface area contributed by atoms with Crippen LogP contribution < -0.4 is 0 Å². The van der Waals surface area contributed by atoms with Crippen LogP contribution in [0.3, 0.4) is 0 Å². The molecule has 0 unspecified atom stereocenters. The SMILES string of the molecule is C=C(C)CN(Cc1ccccc1)C(=O)CC. The maximum atomic E-state index is 11.7. The van der Waals surface area contributed by atoms with Crippen molar-refractivity contribution in [1.29, 1.82) is 0 Å². The van der Waals surface area contributed by atoms with Crippen molar-refractivity contribution >= 4 is 5.91 Å². The zero-order chi connectivity index (χ0) is 12.0. The Bertz CT molecular complexity index is 356. The van der Waals surface area contributed by atoms with Crippen molar-refractivity contribution in [2.45, 2.75) is 26.8 Å². The minimum absolute atomic E-state index is 0.173. The zero-order valence-corrected chi connectivity index (χ0v) is 10.1. The number of carbonyl (C=O) groups is 1. The molecular weight excluding hydrogens is 198 g/mol. The predicted molar refractivity (Wildman–Crippen MR) is 67.0 cm³/mol. The lowest BCUT2D eigenvalue weighted by Gasteiger charge is -2.22. The third-order valence-corrected chi connectivity index (χ3v) is 2.33. The molecule has 2 nitrogen and oxygen atoms in total. The second-order valence-corrected chi connectivity index (χ2v) is 4.05. The summed E-state index contributed by atoms with van der Waals surface area (Å²) in [6.45, 7) is 9.00. The summed E-state index contributed by atoms with van der Waals surface area (Å²) in [6, 6.07) is 10.0. The van der Waals surface area contributed by atoms with E-state index in [1.165, 1.54) is 0 Å². The number of amides is 1. The van der Waals surface area contributed by atoms with Crippen LogP contribution in [0, 0.1) is 0 Å². The van der Waals surface area contributed by atoms with Crippen LogP contribution in [-0.2, 0) is 11.3 Å². The van der Waals surface area contributed by atoms with Crippen molar-refractivity contribution in [3.05, 3.63) is 48.0 Å². The molecule has 0 atom stereocenters. The average molecular weight is 217 g/mol. The Labute approximate surface area is 97.6 Å². The quantitative estimate of drug-likeness (QED) is 0.694. The van der Waals surface area contributed by atoms with E-state index in [9.17, 15) is 4.79 Å². The number of benzene rings is 1. The van der Waals surface area contributed by atoms with Crippen LogP contribution >= 0.6 is 0 Å². The average Bonchev–Trinajstić information content (AvgIpc) is 2.28. The highest BCUT2D eigenvalue weighted by molar-refractivity contribution is 5.76.